The fourth-order valence-corrected chi connectivity index (χ4v) is 2.84. The maximum absolute atomic E-state index is 11.1. The molecule has 0 spiro atoms. The number of halogens is 1. The number of para-hydroxylation sites is 1. The van der Waals surface area contributed by atoms with Crippen molar-refractivity contribution in [3.63, 3.8) is 0 Å². The Labute approximate surface area is 131 Å². The van der Waals surface area contributed by atoms with E-state index in [1.165, 1.54) is 0 Å². The number of benzene rings is 1. The first-order valence-electron chi connectivity index (χ1n) is 6.52. The molecular formula is C14H16BrN3O3. The van der Waals surface area contributed by atoms with Crippen LogP contribution in [0.15, 0.2) is 22.7 Å². The zero-order chi connectivity index (χ0) is 15.6. The Morgan fingerprint density at radius 1 is 1.48 bits per heavy atom. The summed E-state index contributed by atoms with van der Waals surface area (Å²) in [5.74, 6) is 0.270. The normalized spacial score (nSPS) is 10.7. The SMILES string of the molecule is CCc1nn(C)c(COc2cccc(C)c2[N+](=O)[O-])c1Br. The van der Waals surface area contributed by atoms with Crippen molar-refractivity contribution in [2.75, 3.05) is 0 Å². The van der Waals surface area contributed by atoms with Crippen LogP contribution in [-0.4, -0.2) is 14.7 Å². The molecule has 0 unspecified atom stereocenters. The van der Waals surface area contributed by atoms with Gasteiger partial charge in [0.15, 0.2) is 5.75 Å². The molecule has 2 rings (SSSR count). The van der Waals surface area contributed by atoms with E-state index < -0.39 is 4.92 Å². The average Bonchev–Trinajstić information content (AvgIpc) is 2.70. The van der Waals surface area contributed by atoms with Gasteiger partial charge in [-0.2, -0.15) is 5.10 Å². The maximum Gasteiger partial charge on any atom is 0.313 e. The summed E-state index contributed by atoms with van der Waals surface area (Å²) in [6.45, 7) is 3.93. The maximum atomic E-state index is 11.1. The predicted octanol–water partition coefficient (Wildman–Crippen LogP) is 3.54. The van der Waals surface area contributed by atoms with Gasteiger partial charge in [0.2, 0.25) is 0 Å². The van der Waals surface area contributed by atoms with Crippen LogP contribution in [0.2, 0.25) is 0 Å². The van der Waals surface area contributed by atoms with E-state index in [9.17, 15) is 10.1 Å². The number of hydrogen-bond donors (Lipinski definition) is 0. The summed E-state index contributed by atoms with van der Waals surface area (Å²) in [5, 5.41) is 15.5. The Morgan fingerprint density at radius 3 is 2.76 bits per heavy atom. The number of nitrogens with zero attached hydrogens (tertiary/aromatic N) is 3. The monoisotopic (exact) mass is 353 g/mol. The van der Waals surface area contributed by atoms with Crippen molar-refractivity contribution in [3.8, 4) is 5.75 Å². The first-order valence-corrected chi connectivity index (χ1v) is 7.32. The molecule has 2 aromatic rings. The van der Waals surface area contributed by atoms with Crippen molar-refractivity contribution in [2.45, 2.75) is 26.9 Å². The lowest BCUT2D eigenvalue weighted by atomic mass is 10.2. The van der Waals surface area contributed by atoms with Crippen LogP contribution < -0.4 is 4.74 Å². The van der Waals surface area contributed by atoms with Crippen molar-refractivity contribution in [3.05, 3.63) is 49.7 Å². The Kier molecular flexibility index (Phi) is 4.62. The number of aromatic nitrogens is 2. The van der Waals surface area contributed by atoms with Crippen LogP contribution in [0.1, 0.15) is 23.9 Å². The molecule has 0 fully saturated rings. The minimum atomic E-state index is -0.416. The van der Waals surface area contributed by atoms with Gasteiger partial charge >= 0.3 is 5.69 Å². The lowest BCUT2D eigenvalue weighted by molar-refractivity contribution is -0.386. The molecule has 0 radical (unpaired) electrons. The Balaban J connectivity index is 2.27. The highest BCUT2D eigenvalue weighted by atomic mass is 79.9. The van der Waals surface area contributed by atoms with Crippen LogP contribution >= 0.6 is 15.9 Å². The minimum Gasteiger partial charge on any atom is -0.480 e. The van der Waals surface area contributed by atoms with E-state index in [0.29, 0.717) is 5.56 Å². The van der Waals surface area contributed by atoms with E-state index in [2.05, 4.69) is 21.0 Å². The summed E-state index contributed by atoms with van der Waals surface area (Å²) in [4.78, 5) is 10.7. The lowest BCUT2D eigenvalue weighted by Crippen LogP contribution is -2.05. The number of rotatable bonds is 5. The molecule has 0 amide bonds. The number of hydrogen-bond acceptors (Lipinski definition) is 4. The van der Waals surface area contributed by atoms with E-state index in [0.717, 1.165) is 22.3 Å². The van der Waals surface area contributed by atoms with Crippen LogP contribution in [0, 0.1) is 17.0 Å². The zero-order valence-electron chi connectivity index (χ0n) is 12.1. The van der Waals surface area contributed by atoms with Gasteiger partial charge < -0.3 is 4.74 Å². The second-order valence-electron chi connectivity index (χ2n) is 4.65. The van der Waals surface area contributed by atoms with E-state index in [1.807, 2.05) is 14.0 Å². The van der Waals surface area contributed by atoms with Gasteiger partial charge in [0.25, 0.3) is 0 Å². The summed E-state index contributed by atoms with van der Waals surface area (Å²) in [6, 6.07) is 5.05. The van der Waals surface area contributed by atoms with E-state index in [4.69, 9.17) is 4.74 Å². The summed E-state index contributed by atoms with van der Waals surface area (Å²) >= 11 is 3.50. The van der Waals surface area contributed by atoms with E-state index >= 15 is 0 Å². The number of aryl methyl sites for hydroxylation is 3. The third-order valence-electron chi connectivity index (χ3n) is 3.25. The highest BCUT2D eigenvalue weighted by Gasteiger charge is 2.20. The molecule has 0 aliphatic heterocycles. The Morgan fingerprint density at radius 2 is 2.19 bits per heavy atom. The standard InChI is InChI=1S/C14H16BrN3O3/c1-4-10-13(15)11(17(3)16-10)8-21-12-7-5-6-9(2)14(12)18(19)20/h5-7H,4,8H2,1-3H3. The summed E-state index contributed by atoms with van der Waals surface area (Å²) in [5.41, 5.74) is 2.37. The number of nitro groups is 1. The first kappa shape index (κ1) is 15.5. The minimum absolute atomic E-state index is 0.00602. The lowest BCUT2D eigenvalue weighted by Gasteiger charge is -2.08. The molecule has 1 aromatic heterocycles. The summed E-state index contributed by atoms with van der Waals surface area (Å²) in [7, 11) is 1.83. The van der Waals surface area contributed by atoms with Crippen LogP contribution in [0.4, 0.5) is 5.69 Å². The number of nitro benzene ring substituents is 1. The van der Waals surface area contributed by atoms with Crippen molar-refractivity contribution < 1.29 is 9.66 Å². The van der Waals surface area contributed by atoms with Gasteiger partial charge in [-0.3, -0.25) is 14.8 Å². The van der Waals surface area contributed by atoms with Crippen molar-refractivity contribution in [1.29, 1.82) is 0 Å². The highest BCUT2D eigenvalue weighted by molar-refractivity contribution is 9.10. The van der Waals surface area contributed by atoms with Crippen molar-refractivity contribution in [1.82, 2.24) is 9.78 Å². The van der Waals surface area contributed by atoms with Gasteiger partial charge in [0, 0.05) is 12.6 Å². The fraction of sp³-hybridized carbons (Fsp3) is 0.357. The van der Waals surface area contributed by atoms with E-state index in [-0.39, 0.29) is 18.0 Å². The van der Waals surface area contributed by atoms with Gasteiger partial charge in [0.05, 0.1) is 20.8 Å². The van der Waals surface area contributed by atoms with Gasteiger partial charge in [-0.15, -0.1) is 0 Å². The van der Waals surface area contributed by atoms with Crippen molar-refractivity contribution in [2.24, 2.45) is 7.05 Å². The van der Waals surface area contributed by atoms with E-state index in [1.54, 1.807) is 29.8 Å². The molecule has 1 aromatic carbocycles. The second-order valence-corrected chi connectivity index (χ2v) is 5.44. The van der Waals surface area contributed by atoms with Crippen LogP contribution in [-0.2, 0) is 20.1 Å². The average molecular weight is 354 g/mol. The third-order valence-corrected chi connectivity index (χ3v) is 4.17. The predicted molar refractivity (Wildman–Crippen MR) is 82.5 cm³/mol. The largest absolute Gasteiger partial charge is 0.480 e. The molecule has 0 bridgehead atoms. The molecular weight excluding hydrogens is 338 g/mol. The van der Waals surface area contributed by atoms with Gasteiger partial charge in [-0.1, -0.05) is 19.1 Å². The molecule has 0 saturated heterocycles. The zero-order valence-corrected chi connectivity index (χ0v) is 13.7. The Hall–Kier alpha value is -1.89. The molecule has 0 aliphatic carbocycles. The molecule has 0 N–H and O–H groups in total. The van der Waals surface area contributed by atoms with Gasteiger partial charge in [-0.05, 0) is 35.3 Å². The van der Waals surface area contributed by atoms with Gasteiger partial charge in [-0.25, -0.2) is 0 Å². The molecule has 0 saturated carbocycles. The summed E-state index contributed by atoms with van der Waals surface area (Å²) in [6.07, 6.45) is 0.805. The topological polar surface area (TPSA) is 70.2 Å². The smallest absolute Gasteiger partial charge is 0.313 e. The molecule has 6 nitrogen and oxygen atoms in total. The molecule has 0 aliphatic rings. The molecule has 1 heterocycles. The quantitative estimate of drug-likeness (QED) is 0.608. The molecule has 112 valence electrons. The fourth-order valence-electron chi connectivity index (χ4n) is 2.11. The third kappa shape index (κ3) is 3.07. The van der Waals surface area contributed by atoms with Crippen LogP contribution in [0.3, 0.4) is 0 Å². The highest BCUT2D eigenvalue weighted by Crippen LogP contribution is 2.31. The first-order chi connectivity index (χ1) is 9.95. The van der Waals surface area contributed by atoms with Crippen LogP contribution in [0.25, 0.3) is 0 Å². The molecule has 0 atom stereocenters. The van der Waals surface area contributed by atoms with Crippen molar-refractivity contribution >= 4 is 21.6 Å². The number of ether oxygens (including phenoxy) is 1. The molecule has 7 heteroatoms. The molecule has 21 heavy (non-hydrogen) atoms. The van der Waals surface area contributed by atoms with Crippen LogP contribution in [0.5, 0.6) is 5.75 Å². The second kappa shape index (κ2) is 6.26. The van der Waals surface area contributed by atoms with Gasteiger partial charge in [0.1, 0.15) is 6.61 Å². The Bertz CT molecular complexity index is 682. The summed E-state index contributed by atoms with van der Waals surface area (Å²) < 4.78 is 8.27.